The third-order valence-corrected chi connectivity index (χ3v) is 1.87. The van der Waals surface area contributed by atoms with Crippen LogP contribution < -0.4 is 0 Å². The van der Waals surface area contributed by atoms with Crippen LogP contribution in [0, 0.1) is 18.3 Å². The Morgan fingerprint density at radius 1 is 1.64 bits per heavy atom. The number of pyridine rings is 1. The largest absolute Gasteiger partial charge is 0.392 e. The maximum atomic E-state index is 12.5. The van der Waals surface area contributed by atoms with E-state index in [4.69, 9.17) is 10.4 Å². The number of hydrogen-bond donors (Lipinski definition) is 1. The summed E-state index contributed by atoms with van der Waals surface area (Å²) in [6, 6.07) is 2.69. The molecule has 0 atom stereocenters. The first-order valence-electron chi connectivity index (χ1n) is 3.89. The van der Waals surface area contributed by atoms with Gasteiger partial charge in [0.2, 0.25) is 0 Å². The molecule has 0 radical (unpaired) electrons. The average molecular weight is 198 g/mol. The molecule has 5 heteroatoms. The SMILES string of the molecule is Cc1nc(C#N)cc(C(F)F)c1CO. The second-order valence-electron chi connectivity index (χ2n) is 2.73. The molecule has 0 bridgehead atoms. The molecule has 0 aliphatic rings. The monoisotopic (exact) mass is 198 g/mol. The lowest BCUT2D eigenvalue weighted by atomic mass is 10.1. The zero-order valence-electron chi connectivity index (χ0n) is 7.46. The maximum Gasteiger partial charge on any atom is 0.264 e. The number of aliphatic hydroxyl groups is 1. The first-order chi connectivity index (χ1) is 6.60. The molecule has 0 unspecified atom stereocenters. The fraction of sp³-hybridized carbons (Fsp3) is 0.333. The van der Waals surface area contributed by atoms with E-state index in [1.54, 1.807) is 6.07 Å². The quantitative estimate of drug-likeness (QED) is 0.786. The van der Waals surface area contributed by atoms with Crippen LogP contribution in [0.3, 0.4) is 0 Å². The summed E-state index contributed by atoms with van der Waals surface area (Å²) in [6.45, 7) is 0.989. The van der Waals surface area contributed by atoms with Crippen molar-refractivity contribution >= 4 is 0 Å². The fourth-order valence-electron chi connectivity index (χ4n) is 1.18. The Bertz CT molecular complexity index is 385. The zero-order chi connectivity index (χ0) is 10.7. The van der Waals surface area contributed by atoms with Gasteiger partial charge in [0, 0.05) is 16.8 Å². The van der Waals surface area contributed by atoms with E-state index in [1.165, 1.54) is 6.92 Å². The smallest absolute Gasteiger partial charge is 0.264 e. The van der Waals surface area contributed by atoms with E-state index in [2.05, 4.69) is 4.98 Å². The molecule has 0 saturated heterocycles. The van der Waals surface area contributed by atoms with E-state index < -0.39 is 13.0 Å². The number of alkyl halides is 2. The molecule has 0 amide bonds. The van der Waals surface area contributed by atoms with E-state index in [-0.39, 0.29) is 22.5 Å². The first-order valence-corrected chi connectivity index (χ1v) is 3.89. The van der Waals surface area contributed by atoms with E-state index in [1.807, 2.05) is 0 Å². The van der Waals surface area contributed by atoms with Gasteiger partial charge in [-0.15, -0.1) is 0 Å². The molecule has 0 spiro atoms. The van der Waals surface area contributed by atoms with Gasteiger partial charge in [-0.1, -0.05) is 0 Å². The van der Waals surface area contributed by atoms with Gasteiger partial charge in [0.15, 0.2) is 0 Å². The normalized spacial score (nSPS) is 10.3. The summed E-state index contributed by atoms with van der Waals surface area (Å²) >= 11 is 0. The van der Waals surface area contributed by atoms with Gasteiger partial charge in [-0.25, -0.2) is 13.8 Å². The predicted molar refractivity (Wildman–Crippen MR) is 44.6 cm³/mol. The van der Waals surface area contributed by atoms with Gasteiger partial charge >= 0.3 is 0 Å². The van der Waals surface area contributed by atoms with Crippen molar-refractivity contribution in [3.05, 3.63) is 28.6 Å². The number of aromatic nitrogens is 1. The molecule has 14 heavy (non-hydrogen) atoms. The van der Waals surface area contributed by atoms with Crippen molar-refractivity contribution in [1.82, 2.24) is 4.98 Å². The van der Waals surface area contributed by atoms with Crippen molar-refractivity contribution in [2.24, 2.45) is 0 Å². The van der Waals surface area contributed by atoms with Gasteiger partial charge < -0.3 is 5.11 Å². The summed E-state index contributed by atoms with van der Waals surface area (Å²) in [6.07, 6.45) is -2.70. The van der Waals surface area contributed by atoms with Crippen LogP contribution in [0.2, 0.25) is 0 Å². The van der Waals surface area contributed by atoms with Crippen molar-refractivity contribution in [1.29, 1.82) is 5.26 Å². The lowest BCUT2D eigenvalue weighted by Gasteiger charge is -2.09. The van der Waals surface area contributed by atoms with Gasteiger partial charge in [0.25, 0.3) is 6.43 Å². The minimum absolute atomic E-state index is 0.0602. The van der Waals surface area contributed by atoms with Crippen molar-refractivity contribution in [2.45, 2.75) is 20.0 Å². The Morgan fingerprint density at radius 2 is 2.29 bits per heavy atom. The second kappa shape index (κ2) is 4.11. The summed E-state index contributed by atoms with van der Waals surface area (Å²) in [4.78, 5) is 3.75. The molecular formula is C9H8F2N2O. The van der Waals surface area contributed by atoms with Crippen molar-refractivity contribution in [3.63, 3.8) is 0 Å². The Kier molecular flexibility index (Phi) is 3.10. The van der Waals surface area contributed by atoms with Crippen LogP contribution in [0.4, 0.5) is 8.78 Å². The molecule has 1 aromatic heterocycles. The van der Waals surface area contributed by atoms with Gasteiger partial charge in [0.05, 0.1) is 6.61 Å². The number of rotatable bonds is 2. The Morgan fingerprint density at radius 3 is 2.71 bits per heavy atom. The molecule has 0 aromatic carbocycles. The first kappa shape index (κ1) is 10.5. The molecule has 0 fully saturated rings. The highest BCUT2D eigenvalue weighted by atomic mass is 19.3. The molecule has 0 aliphatic carbocycles. The Labute approximate surface area is 79.6 Å². The van der Waals surface area contributed by atoms with Gasteiger partial charge in [-0.05, 0) is 13.0 Å². The van der Waals surface area contributed by atoms with Crippen molar-refractivity contribution < 1.29 is 13.9 Å². The lowest BCUT2D eigenvalue weighted by Crippen LogP contribution is -2.02. The Balaban J connectivity index is 3.37. The lowest BCUT2D eigenvalue weighted by molar-refractivity contribution is 0.146. The van der Waals surface area contributed by atoms with E-state index in [0.29, 0.717) is 0 Å². The van der Waals surface area contributed by atoms with E-state index in [0.717, 1.165) is 6.07 Å². The summed E-state index contributed by atoms with van der Waals surface area (Å²) in [5, 5.41) is 17.4. The van der Waals surface area contributed by atoms with Crippen LogP contribution in [0.1, 0.15) is 28.9 Å². The standard InChI is InChI=1S/C9H8F2N2O/c1-5-8(4-14)7(9(10)11)2-6(3-12)13-5/h2,9,14H,4H2,1H3. The van der Waals surface area contributed by atoms with Crippen LogP contribution >= 0.6 is 0 Å². The minimum atomic E-state index is -2.70. The molecule has 74 valence electrons. The fourth-order valence-corrected chi connectivity index (χ4v) is 1.18. The van der Waals surface area contributed by atoms with Gasteiger partial charge in [0.1, 0.15) is 11.8 Å². The maximum absolute atomic E-state index is 12.5. The highest BCUT2D eigenvalue weighted by Crippen LogP contribution is 2.25. The average Bonchev–Trinajstić information content (AvgIpc) is 2.16. The molecule has 3 nitrogen and oxygen atoms in total. The van der Waals surface area contributed by atoms with E-state index in [9.17, 15) is 8.78 Å². The predicted octanol–water partition coefficient (Wildman–Crippen LogP) is 1.69. The van der Waals surface area contributed by atoms with Crippen LogP contribution in [-0.4, -0.2) is 10.1 Å². The highest BCUT2D eigenvalue weighted by Gasteiger charge is 2.16. The van der Waals surface area contributed by atoms with Crippen LogP contribution in [0.5, 0.6) is 0 Å². The third kappa shape index (κ3) is 1.86. The molecule has 1 N–H and O–H groups in total. The van der Waals surface area contributed by atoms with Gasteiger partial charge in [-0.2, -0.15) is 5.26 Å². The van der Waals surface area contributed by atoms with Crippen molar-refractivity contribution in [2.75, 3.05) is 0 Å². The zero-order valence-corrected chi connectivity index (χ0v) is 7.46. The van der Waals surface area contributed by atoms with Crippen LogP contribution in [0.25, 0.3) is 0 Å². The molecule has 1 rings (SSSR count). The highest BCUT2D eigenvalue weighted by molar-refractivity contribution is 5.36. The number of halogens is 2. The van der Waals surface area contributed by atoms with Crippen molar-refractivity contribution in [3.8, 4) is 6.07 Å². The third-order valence-electron chi connectivity index (χ3n) is 1.87. The summed E-state index contributed by atoms with van der Waals surface area (Å²) < 4.78 is 24.9. The van der Waals surface area contributed by atoms with Crippen LogP contribution in [-0.2, 0) is 6.61 Å². The van der Waals surface area contributed by atoms with E-state index >= 15 is 0 Å². The molecule has 1 heterocycles. The van der Waals surface area contributed by atoms with Gasteiger partial charge in [-0.3, -0.25) is 0 Å². The molecule has 0 aliphatic heterocycles. The molecule has 0 saturated carbocycles. The topological polar surface area (TPSA) is 56.9 Å². The molecule has 1 aromatic rings. The summed E-state index contributed by atoms with van der Waals surface area (Å²) in [5.41, 5.74) is -0.0209. The number of nitriles is 1. The van der Waals surface area contributed by atoms with Crippen LogP contribution in [0.15, 0.2) is 6.07 Å². The number of aliphatic hydroxyl groups excluding tert-OH is 1. The minimum Gasteiger partial charge on any atom is -0.392 e. The Hall–Kier alpha value is -1.54. The number of nitrogens with zero attached hydrogens (tertiary/aromatic N) is 2. The summed E-state index contributed by atoms with van der Waals surface area (Å²) in [7, 11) is 0. The summed E-state index contributed by atoms with van der Waals surface area (Å²) in [5.74, 6) is 0. The number of hydrogen-bond acceptors (Lipinski definition) is 3. The molecular weight excluding hydrogens is 190 g/mol. The number of aryl methyl sites for hydroxylation is 1. The second-order valence-corrected chi connectivity index (χ2v) is 2.73.